The maximum absolute atomic E-state index is 13.3. The first-order valence-corrected chi connectivity index (χ1v) is 11.0. The Morgan fingerprint density at radius 2 is 1.61 bits per heavy atom. The van der Waals surface area contributed by atoms with Crippen molar-refractivity contribution < 1.29 is 22.3 Å². The molecule has 1 atom stereocenters. The molecule has 0 aliphatic heterocycles. The van der Waals surface area contributed by atoms with E-state index in [-0.39, 0.29) is 10.7 Å². The molecule has 31 heavy (non-hydrogen) atoms. The Bertz CT molecular complexity index is 1120. The maximum Gasteiger partial charge on any atom is 0.264 e. The molecule has 0 saturated heterocycles. The topological polar surface area (TPSA) is 75.7 Å². The minimum atomic E-state index is -4.01. The zero-order valence-corrected chi connectivity index (χ0v) is 18.0. The van der Waals surface area contributed by atoms with Crippen molar-refractivity contribution in [2.75, 3.05) is 18.0 Å². The molecule has 1 N–H and O–H groups in total. The molecule has 0 aliphatic rings. The van der Waals surface area contributed by atoms with Crippen molar-refractivity contribution in [1.82, 2.24) is 5.32 Å². The Morgan fingerprint density at radius 3 is 2.19 bits per heavy atom. The van der Waals surface area contributed by atoms with Crippen molar-refractivity contribution in [1.29, 1.82) is 0 Å². The smallest absolute Gasteiger partial charge is 0.264 e. The third-order valence-corrected chi connectivity index (χ3v) is 6.51. The summed E-state index contributed by atoms with van der Waals surface area (Å²) in [4.78, 5) is 12.8. The Morgan fingerprint density at radius 1 is 1.00 bits per heavy atom. The van der Waals surface area contributed by atoms with Gasteiger partial charge in [-0.25, -0.2) is 12.8 Å². The monoisotopic (exact) mass is 442 g/mol. The first-order valence-electron chi connectivity index (χ1n) is 9.58. The number of hydrogen-bond donors (Lipinski definition) is 1. The van der Waals surface area contributed by atoms with Crippen LogP contribution < -0.4 is 14.4 Å². The van der Waals surface area contributed by atoms with Crippen molar-refractivity contribution in [3.63, 3.8) is 0 Å². The second-order valence-corrected chi connectivity index (χ2v) is 8.73. The number of rotatable bonds is 8. The van der Waals surface area contributed by atoms with Crippen LogP contribution in [0.1, 0.15) is 18.5 Å². The largest absolute Gasteiger partial charge is 0.497 e. The van der Waals surface area contributed by atoms with Crippen LogP contribution >= 0.6 is 0 Å². The predicted molar refractivity (Wildman–Crippen MR) is 117 cm³/mol. The van der Waals surface area contributed by atoms with E-state index in [1.165, 1.54) is 31.4 Å². The first kappa shape index (κ1) is 22.3. The highest BCUT2D eigenvalue weighted by Gasteiger charge is 2.27. The second kappa shape index (κ2) is 9.61. The molecule has 8 heteroatoms. The van der Waals surface area contributed by atoms with Crippen LogP contribution in [0.15, 0.2) is 83.8 Å². The van der Waals surface area contributed by atoms with Crippen LogP contribution in [0.2, 0.25) is 0 Å². The lowest BCUT2D eigenvalue weighted by molar-refractivity contribution is -0.120. The molecule has 0 radical (unpaired) electrons. The summed E-state index contributed by atoms with van der Waals surface area (Å²) in [5.74, 6) is -0.336. The fourth-order valence-corrected chi connectivity index (χ4v) is 4.46. The molecule has 1 unspecified atom stereocenters. The van der Waals surface area contributed by atoms with Crippen molar-refractivity contribution >= 4 is 21.6 Å². The van der Waals surface area contributed by atoms with Gasteiger partial charge in [-0.1, -0.05) is 30.3 Å². The molecule has 3 aromatic carbocycles. The van der Waals surface area contributed by atoms with E-state index in [2.05, 4.69) is 5.32 Å². The number of para-hydroxylation sites is 1. The highest BCUT2D eigenvalue weighted by atomic mass is 32.2. The number of nitrogens with zero attached hydrogens (tertiary/aromatic N) is 1. The Kier molecular flexibility index (Phi) is 6.91. The summed E-state index contributed by atoms with van der Waals surface area (Å²) >= 11 is 0. The van der Waals surface area contributed by atoms with Gasteiger partial charge in [0.2, 0.25) is 5.91 Å². The SMILES string of the molecule is COc1ccc(S(=O)(=O)N(CC(=O)NC(C)c2ccc(F)cc2)c2ccccc2)cc1. The van der Waals surface area contributed by atoms with E-state index in [9.17, 15) is 17.6 Å². The lowest BCUT2D eigenvalue weighted by Gasteiger charge is -2.25. The van der Waals surface area contributed by atoms with Crippen molar-refractivity contribution in [3.8, 4) is 5.75 Å². The van der Waals surface area contributed by atoms with Gasteiger partial charge < -0.3 is 10.1 Å². The Balaban J connectivity index is 1.85. The number of hydrogen-bond acceptors (Lipinski definition) is 4. The van der Waals surface area contributed by atoms with Gasteiger partial charge in [0.05, 0.1) is 23.7 Å². The van der Waals surface area contributed by atoms with Crippen LogP contribution in [0.3, 0.4) is 0 Å². The van der Waals surface area contributed by atoms with Gasteiger partial charge in [-0.3, -0.25) is 9.10 Å². The summed E-state index contributed by atoms with van der Waals surface area (Å²) in [6, 6.07) is 19.7. The first-order chi connectivity index (χ1) is 14.8. The molecule has 1 amide bonds. The summed E-state index contributed by atoms with van der Waals surface area (Å²) in [6.07, 6.45) is 0. The van der Waals surface area contributed by atoms with Crippen LogP contribution in [-0.4, -0.2) is 28.0 Å². The average molecular weight is 443 g/mol. The van der Waals surface area contributed by atoms with Crippen molar-refractivity contribution in [2.45, 2.75) is 17.9 Å². The van der Waals surface area contributed by atoms with E-state index >= 15 is 0 Å². The Hall–Kier alpha value is -3.39. The van der Waals surface area contributed by atoms with E-state index < -0.39 is 28.5 Å². The predicted octanol–water partition coefficient (Wildman–Crippen LogP) is 3.91. The molecular formula is C23H23FN2O4S. The Labute approximate surface area is 181 Å². The molecular weight excluding hydrogens is 419 g/mol. The fraction of sp³-hybridized carbons (Fsp3) is 0.174. The third-order valence-electron chi connectivity index (χ3n) is 4.73. The minimum Gasteiger partial charge on any atom is -0.497 e. The molecule has 0 aromatic heterocycles. The van der Waals surface area contributed by atoms with Gasteiger partial charge >= 0.3 is 0 Å². The number of carbonyl (C=O) groups is 1. The van der Waals surface area contributed by atoms with E-state index in [4.69, 9.17) is 4.74 Å². The van der Waals surface area contributed by atoms with Gasteiger partial charge in [-0.15, -0.1) is 0 Å². The molecule has 0 heterocycles. The molecule has 0 aliphatic carbocycles. The van der Waals surface area contributed by atoms with Crippen LogP contribution in [-0.2, 0) is 14.8 Å². The highest BCUT2D eigenvalue weighted by molar-refractivity contribution is 7.92. The summed E-state index contributed by atoms with van der Waals surface area (Å²) in [5.41, 5.74) is 1.07. The number of benzene rings is 3. The van der Waals surface area contributed by atoms with Crippen LogP contribution in [0, 0.1) is 5.82 Å². The van der Waals surface area contributed by atoms with Crippen LogP contribution in [0.25, 0.3) is 0 Å². The number of anilines is 1. The number of methoxy groups -OCH3 is 1. The van der Waals surface area contributed by atoms with Crippen LogP contribution in [0.4, 0.5) is 10.1 Å². The lowest BCUT2D eigenvalue weighted by atomic mass is 10.1. The van der Waals surface area contributed by atoms with Gasteiger partial charge in [0, 0.05) is 0 Å². The normalized spacial score (nSPS) is 12.1. The summed E-state index contributed by atoms with van der Waals surface area (Å²) in [6.45, 7) is 1.33. The standard InChI is InChI=1S/C23H23FN2O4S/c1-17(18-8-10-19(24)11-9-18)25-23(27)16-26(20-6-4-3-5-7-20)31(28,29)22-14-12-21(30-2)13-15-22/h3-15,17H,16H2,1-2H3,(H,25,27). The van der Waals surface area contributed by atoms with Gasteiger partial charge in [-0.2, -0.15) is 0 Å². The number of carbonyl (C=O) groups excluding carboxylic acids is 1. The number of halogens is 1. The third kappa shape index (κ3) is 5.40. The molecule has 3 rings (SSSR count). The quantitative estimate of drug-likeness (QED) is 0.574. The molecule has 0 fully saturated rings. The van der Waals surface area contributed by atoms with Crippen LogP contribution in [0.5, 0.6) is 5.75 Å². The molecule has 6 nitrogen and oxygen atoms in total. The van der Waals surface area contributed by atoms with Gasteiger partial charge in [0.1, 0.15) is 18.1 Å². The average Bonchev–Trinajstić information content (AvgIpc) is 2.78. The second-order valence-electron chi connectivity index (χ2n) is 6.86. The van der Waals surface area contributed by atoms with Gasteiger partial charge in [0.15, 0.2) is 0 Å². The van der Waals surface area contributed by atoms with E-state index in [0.717, 1.165) is 4.31 Å². The molecule has 0 bridgehead atoms. The van der Waals surface area contributed by atoms with E-state index in [1.807, 2.05) is 0 Å². The zero-order valence-electron chi connectivity index (χ0n) is 17.2. The fourth-order valence-electron chi connectivity index (χ4n) is 3.04. The molecule has 0 saturated carbocycles. The van der Waals surface area contributed by atoms with Crippen molar-refractivity contribution in [3.05, 3.63) is 90.2 Å². The highest BCUT2D eigenvalue weighted by Crippen LogP contribution is 2.25. The number of nitrogens with one attached hydrogen (secondary N) is 1. The lowest BCUT2D eigenvalue weighted by Crippen LogP contribution is -2.41. The summed E-state index contributed by atoms with van der Waals surface area (Å²) in [5, 5.41) is 2.77. The summed E-state index contributed by atoms with van der Waals surface area (Å²) < 4.78 is 45.9. The van der Waals surface area contributed by atoms with Gasteiger partial charge in [-0.05, 0) is 61.0 Å². The number of sulfonamides is 1. The number of amides is 1. The van der Waals surface area contributed by atoms with E-state index in [1.54, 1.807) is 61.5 Å². The zero-order chi connectivity index (χ0) is 22.4. The minimum absolute atomic E-state index is 0.0385. The summed E-state index contributed by atoms with van der Waals surface area (Å²) in [7, 11) is -2.52. The van der Waals surface area contributed by atoms with E-state index in [0.29, 0.717) is 17.0 Å². The molecule has 3 aromatic rings. The maximum atomic E-state index is 13.3. The number of ether oxygens (including phenoxy) is 1. The molecule has 162 valence electrons. The van der Waals surface area contributed by atoms with Crippen molar-refractivity contribution in [2.24, 2.45) is 0 Å². The van der Waals surface area contributed by atoms with Gasteiger partial charge in [0.25, 0.3) is 10.0 Å². The molecule has 0 spiro atoms.